The van der Waals surface area contributed by atoms with Crippen LogP contribution in [0.4, 0.5) is 0 Å². The van der Waals surface area contributed by atoms with Crippen molar-refractivity contribution in [3.63, 3.8) is 0 Å². The van der Waals surface area contributed by atoms with Crippen molar-refractivity contribution in [1.82, 2.24) is 5.32 Å². The van der Waals surface area contributed by atoms with Crippen LogP contribution < -0.4 is 5.32 Å². The van der Waals surface area contributed by atoms with Crippen molar-refractivity contribution in [2.75, 3.05) is 18.1 Å². The Morgan fingerprint density at radius 2 is 1.94 bits per heavy atom. The lowest BCUT2D eigenvalue weighted by molar-refractivity contribution is 0.0962. The van der Waals surface area contributed by atoms with Gasteiger partial charge in [-0.25, -0.2) is 8.42 Å². The summed E-state index contributed by atoms with van der Waals surface area (Å²) in [6.45, 7) is 0.689. The van der Waals surface area contributed by atoms with Gasteiger partial charge in [0.15, 0.2) is 9.84 Å². The minimum atomic E-state index is -3.07. The monoisotopic (exact) mass is 263 g/mol. The Morgan fingerprint density at radius 3 is 2.53 bits per heavy atom. The van der Waals surface area contributed by atoms with Gasteiger partial charge in [0.25, 0.3) is 0 Å². The number of aliphatic hydroxyl groups is 2. The smallest absolute Gasteiger partial charge is 0.154 e. The summed E-state index contributed by atoms with van der Waals surface area (Å²) in [5.74, 6) is 0.302. The van der Waals surface area contributed by atoms with E-state index in [4.69, 9.17) is 0 Å². The van der Waals surface area contributed by atoms with E-state index in [1.807, 2.05) is 0 Å². The molecule has 1 aliphatic carbocycles. The molecule has 0 aromatic heterocycles. The molecule has 0 spiro atoms. The average molecular weight is 263 g/mol. The predicted molar refractivity (Wildman–Crippen MR) is 64.4 cm³/mol. The maximum Gasteiger partial charge on any atom is 0.154 e. The van der Waals surface area contributed by atoms with Gasteiger partial charge in [0.05, 0.1) is 23.7 Å². The second kappa shape index (κ2) is 5.22. The normalized spacial score (nSPS) is 41.5. The summed E-state index contributed by atoms with van der Waals surface area (Å²) in [7, 11) is -3.07. The zero-order chi connectivity index (χ0) is 12.5. The van der Waals surface area contributed by atoms with Crippen molar-refractivity contribution in [3.8, 4) is 0 Å². The molecule has 4 unspecified atom stereocenters. The number of hydrogen-bond donors (Lipinski definition) is 3. The van der Waals surface area contributed by atoms with E-state index in [1.165, 1.54) is 0 Å². The molecule has 4 atom stereocenters. The molecule has 17 heavy (non-hydrogen) atoms. The first kappa shape index (κ1) is 13.3. The maximum absolute atomic E-state index is 11.3. The Balaban J connectivity index is 1.78. The quantitative estimate of drug-likeness (QED) is 0.626. The van der Waals surface area contributed by atoms with Gasteiger partial charge in [-0.3, -0.25) is 0 Å². The molecule has 3 N–H and O–H groups in total. The Kier molecular flexibility index (Phi) is 4.07. The van der Waals surface area contributed by atoms with Crippen molar-refractivity contribution in [2.45, 2.75) is 43.9 Å². The van der Waals surface area contributed by atoms with E-state index in [0.29, 0.717) is 12.5 Å². The lowest BCUT2D eigenvalue weighted by atomic mass is 9.87. The van der Waals surface area contributed by atoms with Gasteiger partial charge in [-0.1, -0.05) is 6.42 Å². The molecule has 6 heteroatoms. The Hall–Kier alpha value is -0.170. The summed E-state index contributed by atoms with van der Waals surface area (Å²) >= 11 is 0. The van der Waals surface area contributed by atoms with Crippen LogP contribution in [0.5, 0.6) is 0 Å². The third kappa shape index (κ3) is 3.64. The second-order valence-electron chi connectivity index (χ2n) is 5.35. The lowest BCUT2D eigenvalue weighted by Gasteiger charge is -2.27. The van der Waals surface area contributed by atoms with E-state index in [9.17, 15) is 18.6 Å². The molecule has 1 saturated heterocycles. The molecule has 100 valence electrons. The van der Waals surface area contributed by atoms with Crippen LogP contribution in [-0.4, -0.2) is 54.9 Å². The Morgan fingerprint density at radius 1 is 1.18 bits per heavy atom. The Labute approximate surface area is 102 Å². The molecule has 2 fully saturated rings. The van der Waals surface area contributed by atoms with Crippen LogP contribution >= 0.6 is 0 Å². The number of sulfone groups is 1. The van der Waals surface area contributed by atoms with Crippen molar-refractivity contribution in [1.29, 1.82) is 0 Å². The standard InChI is InChI=1S/C11H21NO4S/c13-9-3-1-2-8(4-9)5-12-10-6-17(15,16)7-11(10)14/h8-14H,1-7H2. The Bertz CT molecular complexity index is 356. The van der Waals surface area contributed by atoms with Crippen molar-refractivity contribution in [3.05, 3.63) is 0 Å². The topological polar surface area (TPSA) is 86.6 Å². The average Bonchev–Trinajstić information content (AvgIpc) is 2.49. The summed E-state index contributed by atoms with van der Waals surface area (Å²) < 4.78 is 22.6. The fourth-order valence-corrected chi connectivity index (χ4v) is 4.57. The third-order valence-corrected chi connectivity index (χ3v) is 5.46. The number of aliphatic hydroxyl groups excluding tert-OH is 2. The third-order valence-electron chi connectivity index (χ3n) is 3.75. The van der Waals surface area contributed by atoms with Gasteiger partial charge in [-0.2, -0.15) is 0 Å². The van der Waals surface area contributed by atoms with Crippen molar-refractivity contribution >= 4 is 9.84 Å². The minimum Gasteiger partial charge on any atom is -0.393 e. The molecule has 0 aromatic rings. The fraction of sp³-hybridized carbons (Fsp3) is 1.00. The molecule has 1 aliphatic heterocycles. The molecule has 2 aliphatic rings. The highest BCUT2D eigenvalue weighted by Crippen LogP contribution is 2.24. The van der Waals surface area contributed by atoms with Crippen molar-refractivity contribution in [2.24, 2.45) is 5.92 Å². The van der Waals surface area contributed by atoms with Crippen LogP contribution in [0.15, 0.2) is 0 Å². The van der Waals surface area contributed by atoms with Crippen LogP contribution in [0, 0.1) is 5.92 Å². The van der Waals surface area contributed by atoms with Gasteiger partial charge in [-0.15, -0.1) is 0 Å². The SMILES string of the molecule is O=S1(=O)CC(O)C(NCC2CCCC(O)C2)C1. The summed E-state index contributed by atoms with van der Waals surface area (Å²) in [5.41, 5.74) is 0. The first-order valence-corrected chi connectivity index (χ1v) is 8.08. The molecule has 0 amide bonds. The zero-order valence-corrected chi connectivity index (χ0v) is 10.7. The molecule has 2 rings (SSSR count). The molecule has 0 bridgehead atoms. The van der Waals surface area contributed by atoms with Crippen molar-refractivity contribution < 1.29 is 18.6 Å². The van der Waals surface area contributed by atoms with Gasteiger partial charge < -0.3 is 15.5 Å². The highest BCUT2D eigenvalue weighted by atomic mass is 32.2. The summed E-state index contributed by atoms with van der Waals surface area (Å²) in [6.07, 6.45) is 2.75. The molecule has 0 aromatic carbocycles. The molecule has 1 saturated carbocycles. The van der Waals surface area contributed by atoms with Crippen LogP contribution in [-0.2, 0) is 9.84 Å². The predicted octanol–water partition coefficient (Wildman–Crippen LogP) is -0.715. The number of nitrogens with one attached hydrogen (secondary N) is 1. The van der Waals surface area contributed by atoms with E-state index >= 15 is 0 Å². The molecular formula is C11H21NO4S. The number of rotatable bonds is 3. The summed E-state index contributed by atoms with van der Waals surface area (Å²) in [4.78, 5) is 0. The first-order chi connectivity index (χ1) is 7.96. The molecule has 0 radical (unpaired) electrons. The van der Waals surface area contributed by atoms with E-state index in [-0.39, 0.29) is 23.7 Å². The first-order valence-electron chi connectivity index (χ1n) is 6.26. The van der Waals surface area contributed by atoms with Crippen LogP contribution in [0.25, 0.3) is 0 Å². The fourth-order valence-electron chi connectivity index (χ4n) is 2.79. The maximum atomic E-state index is 11.3. The zero-order valence-electron chi connectivity index (χ0n) is 9.88. The summed E-state index contributed by atoms with van der Waals surface area (Å²) in [5, 5.41) is 22.3. The van der Waals surface area contributed by atoms with Crippen LogP contribution in [0.2, 0.25) is 0 Å². The van der Waals surface area contributed by atoms with E-state index < -0.39 is 15.9 Å². The minimum absolute atomic E-state index is 0.0312. The van der Waals surface area contributed by atoms with Gasteiger partial charge in [0.1, 0.15) is 0 Å². The lowest BCUT2D eigenvalue weighted by Crippen LogP contribution is -2.42. The van der Waals surface area contributed by atoms with Gasteiger partial charge in [0.2, 0.25) is 0 Å². The number of hydrogen-bond acceptors (Lipinski definition) is 5. The van der Waals surface area contributed by atoms with E-state index in [0.717, 1.165) is 25.7 Å². The van der Waals surface area contributed by atoms with Gasteiger partial charge in [0, 0.05) is 6.04 Å². The highest BCUT2D eigenvalue weighted by Gasteiger charge is 2.36. The van der Waals surface area contributed by atoms with E-state index in [2.05, 4.69) is 5.32 Å². The van der Waals surface area contributed by atoms with E-state index in [1.54, 1.807) is 0 Å². The second-order valence-corrected chi connectivity index (χ2v) is 7.50. The van der Waals surface area contributed by atoms with Crippen LogP contribution in [0.1, 0.15) is 25.7 Å². The van der Waals surface area contributed by atoms with Gasteiger partial charge >= 0.3 is 0 Å². The highest BCUT2D eigenvalue weighted by molar-refractivity contribution is 7.91. The summed E-state index contributed by atoms with van der Waals surface area (Å²) in [6, 6.07) is -0.334. The molecule has 1 heterocycles. The largest absolute Gasteiger partial charge is 0.393 e. The van der Waals surface area contributed by atoms with Crippen LogP contribution in [0.3, 0.4) is 0 Å². The van der Waals surface area contributed by atoms with Gasteiger partial charge in [-0.05, 0) is 31.7 Å². The molecule has 5 nitrogen and oxygen atoms in total. The molecular weight excluding hydrogens is 242 g/mol.